The van der Waals surface area contributed by atoms with Gasteiger partial charge in [-0.05, 0) is 68.5 Å². The highest BCUT2D eigenvalue weighted by Crippen LogP contribution is 2.28. The van der Waals surface area contributed by atoms with Crippen molar-refractivity contribution in [3.05, 3.63) is 48.5 Å². The van der Waals surface area contributed by atoms with Gasteiger partial charge in [-0.2, -0.15) is 4.31 Å². The van der Waals surface area contributed by atoms with Crippen molar-refractivity contribution in [1.82, 2.24) is 4.31 Å². The van der Waals surface area contributed by atoms with Crippen LogP contribution in [0.3, 0.4) is 0 Å². The molecule has 0 unspecified atom stereocenters. The number of benzene rings is 2. The van der Waals surface area contributed by atoms with Crippen LogP contribution in [0.2, 0.25) is 0 Å². The second-order valence-corrected chi connectivity index (χ2v) is 10.4. The number of carbonyl (C=O) groups excluding carboxylic acids is 1. The summed E-state index contributed by atoms with van der Waals surface area (Å²) in [5.41, 5.74) is 2.67. The largest absolute Gasteiger partial charge is 0.374 e. The number of piperidine rings is 2. The first-order chi connectivity index (χ1) is 15.5. The number of para-hydroxylation sites is 2. The van der Waals surface area contributed by atoms with Gasteiger partial charge in [0, 0.05) is 31.9 Å². The molecule has 2 heterocycles. The standard InChI is InChI=1S/C24H32N4O3S/c29-24(19-25-22-9-3-4-10-23(22)27-15-5-1-6-16-27)26-20-11-13-21(14-12-20)32(30,31)28-17-7-2-8-18-28/h3-4,9-14,25H,1-2,5-8,15-19H2,(H,26,29). The number of nitrogens with one attached hydrogen (secondary N) is 2. The fourth-order valence-corrected chi connectivity index (χ4v) is 5.90. The van der Waals surface area contributed by atoms with Gasteiger partial charge >= 0.3 is 0 Å². The van der Waals surface area contributed by atoms with Crippen LogP contribution in [-0.2, 0) is 14.8 Å². The van der Waals surface area contributed by atoms with E-state index in [1.54, 1.807) is 28.6 Å². The maximum Gasteiger partial charge on any atom is 0.243 e. The van der Waals surface area contributed by atoms with Crippen molar-refractivity contribution in [2.75, 3.05) is 48.3 Å². The molecule has 1 amide bonds. The molecule has 2 aromatic rings. The summed E-state index contributed by atoms with van der Waals surface area (Å²) in [4.78, 5) is 15.1. The third kappa shape index (κ3) is 5.42. The zero-order valence-corrected chi connectivity index (χ0v) is 19.2. The number of carbonyl (C=O) groups is 1. The number of sulfonamides is 1. The number of nitrogens with zero attached hydrogens (tertiary/aromatic N) is 2. The van der Waals surface area contributed by atoms with Gasteiger partial charge in [-0.3, -0.25) is 4.79 Å². The van der Waals surface area contributed by atoms with Crippen LogP contribution in [0.1, 0.15) is 38.5 Å². The maximum absolute atomic E-state index is 12.8. The Morgan fingerprint density at radius 2 is 1.44 bits per heavy atom. The van der Waals surface area contributed by atoms with Crippen molar-refractivity contribution >= 4 is 33.0 Å². The molecule has 0 atom stereocenters. The zero-order chi connectivity index (χ0) is 22.4. The number of amides is 1. The second kappa shape index (κ2) is 10.4. The molecule has 2 aromatic carbocycles. The van der Waals surface area contributed by atoms with Crippen LogP contribution in [0.4, 0.5) is 17.1 Å². The molecule has 0 bridgehead atoms. The van der Waals surface area contributed by atoms with Gasteiger partial charge in [-0.1, -0.05) is 18.6 Å². The summed E-state index contributed by atoms with van der Waals surface area (Å²) < 4.78 is 27.1. The Bertz CT molecular complexity index is 1010. The van der Waals surface area contributed by atoms with E-state index in [9.17, 15) is 13.2 Å². The van der Waals surface area contributed by atoms with Gasteiger partial charge in [0.15, 0.2) is 0 Å². The lowest BCUT2D eigenvalue weighted by Gasteiger charge is -2.30. The van der Waals surface area contributed by atoms with Crippen molar-refractivity contribution in [1.29, 1.82) is 0 Å². The van der Waals surface area contributed by atoms with Crippen LogP contribution in [0.5, 0.6) is 0 Å². The average Bonchev–Trinajstić information content (AvgIpc) is 2.84. The molecule has 0 aromatic heterocycles. The minimum Gasteiger partial charge on any atom is -0.374 e. The lowest BCUT2D eigenvalue weighted by Crippen LogP contribution is -2.35. The number of rotatable bonds is 7. The van der Waals surface area contributed by atoms with E-state index in [0.29, 0.717) is 18.8 Å². The number of hydrogen-bond donors (Lipinski definition) is 2. The van der Waals surface area contributed by atoms with Gasteiger partial charge in [0.25, 0.3) is 0 Å². The summed E-state index contributed by atoms with van der Waals surface area (Å²) in [5, 5.41) is 6.10. The van der Waals surface area contributed by atoms with Crippen molar-refractivity contribution in [3.8, 4) is 0 Å². The van der Waals surface area contributed by atoms with E-state index < -0.39 is 10.0 Å². The normalized spacial score (nSPS) is 17.7. The first kappa shape index (κ1) is 22.6. The third-order valence-corrected chi connectivity index (χ3v) is 8.04. The highest BCUT2D eigenvalue weighted by Gasteiger charge is 2.25. The SMILES string of the molecule is O=C(CNc1ccccc1N1CCCCC1)Nc1ccc(S(=O)(=O)N2CCCCC2)cc1. The first-order valence-electron chi connectivity index (χ1n) is 11.5. The monoisotopic (exact) mass is 456 g/mol. The van der Waals surface area contributed by atoms with Gasteiger partial charge in [-0.25, -0.2) is 8.42 Å². The Kier molecular flexibility index (Phi) is 7.32. The van der Waals surface area contributed by atoms with Crippen LogP contribution in [0, 0.1) is 0 Å². The lowest BCUT2D eigenvalue weighted by molar-refractivity contribution is -0.114. The molecule has 2 saturated heterocycles. The Balaban J connectivity index is 1.34. The topological polar surface area (TPSA) is 81.8 Å². The summed E-state index contributed by atoms with van der Waals surface area (Å²) in [7, 11) is -3.47. The van der Waals surface area contributed by atoms with Gasteiger partial charge in [0.1, 0.15) is 0 Å². The van der Waals surface area contributed by atoms with Crippen molar-refractivity contribution in [2.24, 2.45) is 0 Å². The summed E-state index contributed by atoms with van der Waals surface area (Å²) in [6, 6.07) is 14.5. The van der Waals surface area contributed by atoms with Crippen LogP contribution in [-0.4, -0.2) is 51.4 Å². The molecule has 0 aliphatic carbocycles. The van der Waals surface area contributed by atoms with Crippen molar-refractivity contribution in [3.63, 3.8) is 0 Å². The second-order valence-electron chi connectivity index (χ2n) is 8.46. The third-order valence-electron chi connectivity index (χ3n) is 6.13. The number of hydrogen-bond acceptors (Lipinski definition) is 5. The fraction of sp³-hybridized carbons (Fsp3) is 0.458. The predicted octanol–water partition coefficient (Wildman–Crippen LogP) is 3.90. The molecule has 32 heavy (non-hydrogen) atoms. The van der Waals surface area contributed by atoms with Gasteiger partial charge in [-0.15, -0.1) is 0 Å². The Hall–Kier alpha value is -2.58. The van der Waals surface area contributed by atoms with E-state index in [1.165, 1.54) is 19.3 Å². The highest BCUT2D eigenvalue weighted by molar-refractivity contribution is 7.89. The van der Waals surface area contributed by atoms with Gasteiger partial charge < -0.3 is 15.5 Å². The lowest BCUT2D eigenvalue weighted by atomic mass is 10.1. The van der Waals surface area contributed by atoms with Crippen LogP contribution in [0.25, 0.3) is 0 Å². The molecule has 8 heteroatoms. The van der Waals surface area contributed by atoms with Crippen LogP contribution in [0.15, 0.2) is 53.4 Å². The molecule has 0 radical (unpaired) electrons. The van der Waals surface area contributed by atoms with E-state index in [4.69, 9.17) is 0 Å². The Morgan fingerprint density at radius 1 is 0.812 bits per heavy atom. The van der Waals surface area contributed by atoms with E-state index in [1.807, 2.05) is 18.2 Å². The molecule has 0 saturated carbocycles. The van der Waals surface area contributed by atoms with E-state index in [0.717, 1.165) is 43.7 Å². The van der Waals surface area contributed by atoms with Crippen molar-refractivity contribution < 1.29 is 13.2 Å². The molecule has 172 valence electrons. The average molecular weight is 457 g/mol. The minimum absolute atomic E-state index is 0.138. The zero-order valence-electron chi connectivity index (χ0n) is 18.4. The van der Waals surface area contributed by atoms with E-state index in [2.05, 4.69) is 21.6 Å². The smallest absolute Gasteiger partial charge is 0.243 e. The van der Waals surface area contributed by atoms with E-state index in [-0.39, 0.29) is 17.3 Å². The number of anilines is 3. The molecule has 2 fully saturated rings. The maximum atomic E-state index is 12.8. The van der Waals surface area contributed by atoms with Gasteiger partial charge in [0.05, 0.1) is 22.8 Å². The molecule has 0 spiro atoms. The summed E-state index contributed by atoms with van der Waals surface area (Å²) >= 11 is 0. The Morgan fingerprint density at radius 3 is 2.12 bits per heavy atom. The first-order valence-corrected chi connectivity index (χ1v) is 13.0. The summed E-state index contributed by atoms with van der Waals surface area (Å²) in [6.07, 6.45) is 6.54. The highest BCUT2D eigenvalue weighted by atomic mass is 32.2. The quantitative estimate of drug-likeness (QED) is 0.660. The van der Waals surface area contributed by atoms with E-state index >= 15 is 0 Å². The van der Waals surface area contributed by atoms with Crippen LogP contribution < -0.4 is 15.5 Å². The molecule has 2 aliphatic heterocycles. The van der Waals surface area contributed by atoms with Crippen LogP contribution >= 0.6 is 0 Å². The molecule has 2 N–H and O–H groups in total. The van der Waals surface area contributed by atoms with Gasteiger partial charge in [0.2, 0.25) is 15.9 Å². The fourth-order valence-electron chi connectivity index (χ4n) is 4.38. The molecular weight excluding hydrogens is 424 g/mol. The predicted molar refractivity (Wildman–Crippen MR) is 129 cm³/mol. The summed E-state index contributed by atoms with van der Waals surface area (Å²) in [5.74, 6) is -0.176. The minimum atomic E-state index is -3.47. The Labute approximate surface area is 190 Å². The molecular formula is C24H32N4O3S. The molecule has 4 rings (SSSR count). The molecule has 2 aliphatic rings. The summed E-state index contributed by atoms with van der Waals surface area (Å²) in [6.45, 7) is 3.37. The molecule has 7 nitrogen and oxygen atoms in total. The van der Waals surface area contributed by atoms with Crippen molar-refractivity contribution in [2.45, 2.75) is 43.4 Å².